The maximum Gasteiger partial charge on any atom is 0.193 e. The minimum atomic E-state index is 0. The largest absolute Gasteiger partial charge is 0.357 e. The Morgan fingerprint density at radius 3 is 2.87 bits per heavy atom. The van der Waals surface area contributed by atoms with Crippen LogP contribution in [0.15, 0.2) is 22.8 Å². The standard InChI is InChI=1S/C16H27N5S.HI/c1-4-17-15(18-8-6-5-7-13(2)3)19-11-14-12-21-9-10-22-16(21)20-14;/h9-10,12-13H,4-8,11H2,1-3H3,(H2,17,18,19);1H. The Labute approximate surface area is 160 Å². The minimum Gasteiger partial charge on any atom is -0.357 e. The van der Waals surface area contributed by atoms with Crippen molar-refractivity contribution in [2.45, 2.75) is 46.6 Å². The van der Waals surface area contributed by atoms with Crippen LogP contribution >= 0.6 is 35.3 Å². The van der Waals surface area contributed by atoms with Crippen LogP contribution < -0.4 is 10.6 Å². The average Bonchev–Trinajstić information content (AvgIpc) is 3.04. The lowest BCUT2D eigenvalue weighted by atomic mass is 10.1. The molecule has 2 aromatic rings. The van der Waals surface area contributed by atoms with Gasteiger partial charge in [0.25, 0.3) is 0 Å². The summed E-state index contributed by atoms with van der Waals surface area (Å²) in [5.74, 6) is 1.67. The highest BCUT2D eigenvalue weighted by Crippen LogP contribution is 2.11. The van der Waals surface area contributed by atoms with Gasteiger partial charge in [0, 0.05) is 30.9 Å². The van der Waals surface area contributed by atoms with Gasteiger partial charge < -0.3 is 10.6 Å². The molecule has 0 aliphatic rings. The third-order valence-corrected chi connectivity index (χ3v) is 4.16. The first-order valence-corrected chi connectivity index (χ1v) is 9.00. The molecule has 0 aromatic carbocycles. The van der Waals surface area contributed by atoms with Crippen LogP contribution in [0.2, 0.25) is 0 Å². The van der Waals surface area contributed by atoms with E-state index in [2.05, 4.69) is 41.4 Å². The van der Waals surface area contributed by atoms with Gasteiger partial charge in [-0.2, -0.15) is 0 Å². The highest BCUT2D eigenvalue weighted by molar-refractivity contribution is 14.0. The third kappa shape index (κ3) is 7.07. The molecule has 0 atom stereocenters. The topological polar surface area (TPSA) is 53.7 Å². The second kappa shape index (κ2) is 10.9. The Kier molecular flexibility index (Phi) is 9.54. The summed E-state index contributed by atoms with van der Waals surface area (Å²) in [4.78, 5) is 10.2. The van der Waals surface area contributed by atoms with E-state index in [1.165, 1.54) is 19.3 Å². The number of rotatable bonds is 8. The van der Waals surface area contributed by atoms with E-state index in [9.17, 15) is 0 Å². The Morgan fingerprint density at radius 1 is 1.35 bits per heavy atom. The number of nitrogens with zero attached hydrogens (tertiary/aromatic N) is 3. The summed E-state index contributed by atoms with van der Waals surface area (Å²) in [6, 6.07) is 0. The van der Waals surface area contributed by atoms with Gasteiger partial charge in [0.05, 0.1) is 12.2 Å². The van der Waals surface area contributed by atoms with Crippen LogP contribution in [-0.2, 0) is 6.54 Å². The number of halogens is 1. The fraction of sp³-hybridized carbons (Fsp3) is 0.625. The number of thiazole rings is 1. The number of nitrogens with one attached hydrogen (secondary N) is 2. The second-order valence-electron chi connectivity index (χ2n) is 5.84. The molecule has 5 nitrogen and oxygen atoms in total. The normalized spacial score (nSPS) is 11.7. The summed E-state index contributed by atoms with van der Waals surface area (Å²) in [5, 5.41) is 8.73. The molecule has 23 heavy (non-hydrogen) atoms. The van der Waals surface area contributed by atoms with Crippen LogP contribution in [0, 0.1) is 5.92 Å². The minimum absolute atomic E-state index is 0. The first-order chi connectivity index (χ1) is 10.7. The van der Waals surface area contributed by atoms with Gasteiger partial charge in [0.2, 0.25) is 0 Å². The van der Waals surface area contributed by atoms with Crippen LogP contribution in [0.1, 0.15) is 45.7 Å². The summed E-state index contributed by atoms with van der Waals surface area (Å²) in [7, 11) is 0. The van der Waals surface area contributed by atoms with Crippen molar-refractivity contribution < 1.29 is 0 Å². The van der Waals surface area contributed by atoms with E-state index in [0.29, 0.717) is 6.54 Å². The molecule has 0 aliphatic carbocycles. The predicted molar refractivity (Wildman–Crippen MR) is 110 cm³/mol. The van der Waals surface area contributed by atoms with Gasteiger partial charge in [-0.05, 0) is 19.3 Å². The SMILES string of the molecule is CCNC(=NCc1cn2ccsc2n1)NCCCCC(C)C.I. The highest BCUT2D eigenvalue weighted by atomic mass is 127. The molecule has 2 heterocycles. The lowest BCUT2D eigenvalue weighted by molar-refractivity contribution is 0.534. The number of guanidine groups is 1. The molecule has 0 amide bonds. The van der Waals surface area contributed by atoms with Crippen LogP contribution in [-0.4, -0.2) is 28.4 Å². The molecule has 0 aliphatic heterocycles. The molecule has 0 radical (unpaired) electrons. The molecule has 0 bridgehead atoms. The summed E-state index contributed by atoms with van der Waals surface area (Å²) >= 11 is 1.65. The number of unbranched alkanes of at least 4 members (excludes halogenated alkanes) is 1. The number of aliphatic imine (C=N–C) groups is 1. The smallest absolute Gasteiger partial charge is 0.193 e. The van der Waals surface area contributed by atoms with Gasteiger partial charge in [-0.15, -0.1) is 35.3 Å². The lowest BCUT2D eigenvalue weighted by Gasteiger charge is -2.11. The lowest BCUT2D eigenvalue weighted by Crippen LogP contribution is -2.37. The Morgan fingerprint density at radius 2 is 2.17 bits per heavy atom. The Balaban J connectivity index is 0.00000264. The van der Waals surface area contributed by atoms with E-state index in [1.54, 1.807) is 11.3 Å². The fourth-order valence-corrected chi connectivity index (χ4v) is 2.96. The maximum atomic E-state index is 4.61. The number of fused-ring (bicyclic) bond motifs is 1. The van der Waals surface area contributed by atoms with Crippen molar-refractivity contribution in [3.05, 3.63) is 23.5 Å². The van der Waals surface area contributed by atoms with Crippen molar-refractivity contribution in [3.63, 3.8) is 0 Å². The number of imidazole rings is 1. The molecule has 0 fully saturated rings. The molecular weight excluding hydrogens is 421 g/mol. The van der Waals surface area contributed by atoms with Gasteiger partial charge >= 0.3 is 0 Å². The summed E-state index contributed by atoms with van der Waals surface area (Å²) in [5.41, 5.74) is 1.00. The van der Waals surface area contributed by atoms with Crippen LogP contribution in [0.25, 0.3) is 4.96 Å². The summed E-state index contributed by atoms with van der Waals surface area (Å²) in [6.07, 6.45) is 7.81. The first kappa shape index (κ1) is 20.2. The van der Waals surface area contributed by atoms with Gasteiger partial charge in [-0.3, -0.25) is 4.40 Å². The Bertz CT molecular complexity index is 562. The third-order valence-electron chi connectivity index (χ3n) is 3.39. The molecule has 0 unspecified atom stereocenters. The van der Waals surface area contributed by atoms with Crippen molar-refractivity contribution in [3.8, 4) is 0 Å². The average molecular weight is 449 g/mol. The maximum absolute atomic E-state index is 4.61. The van der Waals surface area contributed by atoms with E-state index < -0.39 is 0 Å². The quantitative estimate of drug-likeness (QED) is 0.278. The molecule has 0 saturated carbocycles. The van der Waals surface area contributed by atoms with Crippen LogP contribution in [0.4, 0.5) is 0 Å². The van der Waals surface area contributed by atoms with Gasteiger partial charge in [-0.25, -0.2) is 9.98 Å². The van der Waals surface area contributed by atoms with Crippen molar-refractivity contribution in [2.75, 3.05) is 13.1 Å². The van der Waals surface area contributed by atoms with E-state index in [4.69, 9.17) is 0 Å². The van der Waals surface area contributed by atoms with Crippen molar-refractivity contribution in [1.29, 1.82) is 0 Å². The van der Waals surface area contributed by atoms with E-state index in [1.807, 2.05) is 22.2 Å². The molecule has 7 heteroatoms. The van der Waals surface area contributed by atoms with Crippen molar-refractivity contribution >= 4 is 46.2 Å². The molecule has 2 aromatic heterocycles. The predicted octanol–water partition coefficient (Wildman–Crippen LogP) is 3.90. The number of hydrogen-bond donors (Lipinski definition) is 2. The monoisotopic (exact) mass is 449 g/mol. The summed E-state index contributed by atoms with van der Waals surface area (Å²) < 4.78 is 2.04. The zero-order chi connectivity index (χ0) is 15.8. The molecule has 130 valence electrons. The van der Waals surface area contributed by atoms with Gasteiger partial charge in [-0.1, -0.05) is 26.7 Å². The molecule has 2 N–H and O–H groups in total. The van der Waals surface area contributed by atoms with Crippen LogP contribution in [0.5, 0.6) is 0 Å². The fourth-order valence-electron chi connectivity index (χ4n) is 2.24. The molecule has 0 spiro atoms. The van der Waals surface area contributed by atoms with E-state index in [0.717, 1.165) is 35.6 Å². The molecule has 2 rings (SSSR count). The summed E-state index contributed by atoms with van der Waals surface area (Å²) in [6.45, 7) is 9.08. The molecule has 0 saturated heterocycles. The van der Waals surface area contributed by atoms with E-state index in [-0.39, 0.29) is 24.0 Å². The van der Waals surface area contributed by atoms with E-state index >= 15 is 0 Å². The van der Waals surface area contributed by atoms with Crippen molar-refractivity contribution in [1.82, 2.24) is 20.0 Å². The van der Waals surface area contributed by atoms with Gasteiger partial charge in [0.1, 0.15) is 0 Å². The van der Waals surface area contributed by atoms with Crippen molar-refractivity contribution in [2.24, 2.45) is 10.9 Å². The molecular formula is C16H28IN5S. The highest BCUT2D eigenvalue weighted by Gasteiger charge is 2.03. The zero-order valence-electron chi connectivity index (χ0n) is 14.2. The Hall–Kier alpha value is -0.830. The van der Waals surface area contributed by atoms with Crippen LogP contribution in [0.3, 0.4) is 0 Å². The second-order valence-corrected chi connectivity index (χ2v) is 6.71. The number of hydrogen-bond acceptors (Lipinski definition) is 3. The number of aromatic nitrogens is 2. The first-order valence-electron chi connectivity index (χ1n) is 8.12. The zero-order valence-corrected chi connectivity index (χ0v) is 17.4. The van der Waals surface area contributed by atoms with Gasteiger partial charge in [0.15, 0.2) is 10.9 Å².